The lowest BCUT2D eigenvalue weighted by molar-refractivity contribution is 0.1000. The molecule has 0 saturated carbocycles. The van der Waals surface area contributed by atoms with Crippen LogP contribution in [0.5, 0.6) is 0 Å². The summed E-state index contributed by atoms with van der Waals surface area (Å²) in [5.41, 5.74) is 10.2. The molecule has 0 atom stereocenters. The van der Waals surface area contributed by atoms with E-state index >= 15 is 0 Å². The molecule has 0 spiro atoms. The van der Waals surface area contributed by atoms with Gasteiger partial charge in [0.15, 0.2) is 0 Å². The third-order valence-corrected chi connectivity index (χ3v) is 0.933. The number of primary amides is 1. The highest BCUT2D eigenvalue weighted by molar-refractivity contribution is 5.96. The number of anilines is 1. The van der Waals surface area contributed by atoms with E-state index in [1.807, 2.05) is 0 Å². The van der Waals surface area contributed by atoms with Gasteiger partial charge >= 0.3 is 0 Å². The van der Waals surface area contributed by atoms with Crippen LogP contribution in [0.2, 0.25) is 0 Å². The fourth-order valence-electron chi connectivity index (χ4n) is 0.488. The van der Waals surface area contributed by atoms with Crippen molar-refractivity contribution in [3.8, 4) is 0 Å². The topological polar surface area (TPSA) is 94.9 Å². The largest absolute Gasteiger partial charge is 0.383 e. The lowest BCUT2D eigenvalue weighted by Crippen LogP contribution is -2.14. The molecule has 4 N–H and O–H groups in total. The number of nitrogens with two attached hydrogens (primary N) is 2. The molecule has 0 bridgehead atoms. The molecule has 1 amide bonds. The minimum Gasteiger partial charge on any atom is -0.383 e. The number of aromatic nitrogens is 2. The van der Waals surface area contributed by atoms with Gasteiger partial charge in [0.25, 0.3) is 5.91 Å². The minimum absolute atomic E-state index is 0.0301. The molecule has 0 unspecified atom stereocenters. The normalized spacial score (nSPS) is 9.20. The molecule has 1 aromatic rings. The minimum atomic E-state index is -0.668. The monoisotopic (exact) mass is 137 g/mol. The highest BCUT2D eigenvalue weighted by Crippen LogP contribution is 2.01. The summed E-state index contributed by atoms with van der Waals surface area (Å²) < 4.78 is 0. The van der Waals surface area contributed by atoms with Crippen LogP contribution in [0.1, 0.15) is 10.4 Å². The zero-order valence-electron chi connectivity index (χ0n) is 5.03. The second-order valence-electron chi connectivity index (χ2n) is 1.61. The summed E-state index contributed by atoms with van der Waals surface area (Å²) in [4.78, 5) is 17.4. The maximum Gasteiger partial charge on any atom is 0.254 e. The van der Waals surface area contributed by atoms with Crippen LogP contribution in [0.25, 0.3) is 0 Å². The van der Waals surface area contributed by atoms with Crippen molar-refractivity contribution in [3.63, 3.8) is 0 Å². The average Bonchev–Trinajstić information content (AvgIpc) is 1.88. The van der Waals surface area contributed by atoms with Crippen LogP contribution in [-0.2, 0) is 0 Å². The Morgan fingerprint density at radius 1 is 1.70 bits per heavy atom. The van der Waals surface area contributed by atoms with E-state index in [1.165, 1.54) is 6.33 Å². The summed E-state index contributed by atoms with van der Waals surface area (Å²) in [7, 11) is 0. The fourth-order valence-corrected chi connectivity index (χ4v) is 0.488. The van der Waals surface area contributed by atoms with Gasteiger partial charge in [-0.05, 0) is 0 Å². The van der Waals surface area contributed by atoms with E-state index in [1.54, 1.807) is 0 Å². The second kappa shape index (κ2) is 2.30. The fraction of sp³-hybridized carbons (Fsp3) is 0. The Hall–Kier alpha value is -1.65. The Balaban J connectivity index is 3.15. The maximum atomic E-state index is 10.5. The van der Waals surface area contributed by atoms with Gasteiger partial charge in [0.05, 0.1) is 0 Å². The Morgan fingerprint density at radius 2 is 2.40 bits per heavy atom. The van der Waals surface area contributed by atoms with Crippen LogP contribution in [0.4, 0.5) is 5.82 Å². The maximum absolute atomic E-state index is 10.5. The first kappa shape index (κ1) is 6.47. The first-order chi connectivity index (χ1) is 4.72. The van der Waals surface area contributed by atoms with Crippen LogP contribution in [0.15, 0.2) is 6.33 Å². The quantitative estimate of drug-likeness (QED) is 0.516. The molecule has 0 aromatic carbocycles. The molecule has 0 aliphatic carbocycles. The summed E-state index contributed by atoms with van der Waals surface area (Å²) in [5, 5.41) is 0. The van der Waals surface area contributed by atoms with E-state index < -0.39 is 5.91 Å². The number of nitrogens with zero attached hydrogens (tertiary/aromatic N) is 2. The SMILES string of the molecule is NC(=O)c1[c]ncnc1N. The van der Waals surface area contributed by atoms with E-state index in [9.17, 15) is 4.79 Å². The predicted octanol–water partition coefficient (Wildman–Crippen LogP) is -1.04. The van der Waals surface area contributed by atoms with Gasteiger partial charge in [0.2, 0.25) is 0 Å². The summed E-state index contributed by atoms with van der Waals surface area (Å²) in [5.74, 6) is -0.611. The number of hydrogen-bond donors (Lipinski definition) is 2. The molecule has 51 valence electrons. The average molecular weight is 137 g/mol. The van der Waals surface area contributed by atoms with Gasteiger partial charge in [-0.1, -0.05) is 0 Å². The molecule has 0 saturated heterocycles. The van der Waals surface area contributed by atoms with Crippen LogP contribution >= 0.6 is 0 Å². The first-order valence-corrected chi connectivity index (χ1v) is 2.50. The summed E-state index contributed by atoms with van der Waals surface area (Å²) in [6.07, 6.45) is 3.52. The van der Waals surface area contributed by atoms with Gasteiger partial charge in [-0.3, -0.25) is 4.79 Å². The van der Waals surface area contributed by atoms with Crippen molar-refractivity contribution in [2.45, 2.75) is 0 Å². The summed E-state index contributed by atoms with van der Waals surface area (Å²) in [6, 6.07) is 0. The highest BCUT2D eigenvalue weighted by Gasteiger charge is 2.05. The van der Waals surface area contributed by atoms with Gasteiger partial charge in [-0.15, -0.1) is 0 Å². The van der Waals surface area contributed by atoms with E-state index in [2.05, 4.69) is 16.2 Å². The van der Waals surface area contributed by atoms with Crippen molar-refractivity contribution < 1.29 is 4.79 Å². The zero-order valence-corrected chi connectivity index (χ0v) is 5.03. The molecule has 0 fully saturated rings. The second-order valence-corrected chi connectivity index (χ2v) is 1.61. The lowest BCUT2D eigenvalue weighted by Gasteiger charge is -1.94. The number of carbonyl (C=O) groups excluding carboxylic acids is 1. The van der Waals surface area contributed by atoms with E-state index in [0.29, 0.717) is 0 Å². The Labute approximate surface area is 57.1 Å². The van der Waals surface area contributed by atoms with Gasteiger partial charge in [0, 0.05) is 0 Å². The number of rotatable bonds is 1. The zero-order chi connectivity index (χ0) is 7.56. The number of hydrogen-bond acceptors (Lipinski definition) is 4. The van der Waals surface area contributed by atoms with Crippen molar-refractivity contribution in [2.24, 2.45) is 5.73 Å². The first-order valence-electron chi connectivity index (χ1n) is 2.50. The number of nitrogen functional groups attached to an aromatic ring is 1. The van der Waals surface area contributed by atoms with E-state index in [-0.39, 0.29) is 11.4 Å². The van der Waals surface area contributed by atoms with Crippen LogP contribution in [0.3, 0.4) is 0 Å². The summed E-state index contributed by atoms with van der Waals surface area (Å²) >= 11 is 0. The molecule has 1 radical (unpaired) electrons. The Kier molecular flexibility index (Phi) is 1.49. The lowest BCUT2D eigenvalue weighted by atomic mass is 10.3. The number of carbonyl (C=O) groups is 1. The van der Waals surface area contributed by atoms with Gasteiger partial charge in [0.1, 0.15) is 23.9 Å². The van der Waals surface area contributed by atoms with Crippen molar-refractivity contribution in [2.75, 3.05) is 5.73 Å². The molecule has 1 heterocycles. The molecule has 1 rings (SSSR count). The third kappa shape index (κ3) is 1.02. The van der Waals surface area contributed by atoms with Crippen LogP contribution < -0.4 is 11.5 Å². The molecule has 1 aromatic heterocycles. The Morgan fingerprint density at radius 3 is 2.80 bits per heavy atom. The predicted molar refractivity (Wildman–Crippen MR) is 33.8 cm³/mol. The molecule has 0 aliphatic heterocycles. The van der Waals surface area contributed by atoms with Crippen molar-refractivity contribution in [3.05, 3.63) is 18.1 Å². The standard InChI is InChI=1S/C5H5N4O/c6-4-3(5(7)10)1-8-2-9-4/h2H,(H2,7,10)(H2,6,8,9). The summed E-state index contributed by atoms with van der Waals surface area (Å²) in [6.45, 7) is 0. The van der Waals surface area contributed by atoms with Crippen molar-refractivity contribution in [1.29, 1.82) is 0 Å². The molecule has 10 heavy (non-hydrogen) atoms. The Bertz CT molecular complexity index is 260. The smallest absolute Gasteiger partial charge is 0.254 e. The molecule has 5 nitrogen and oxygen atoms in total. The molecular formula is C5H5N4O. The number of amides is 1. The van der Waals surface area contributed by atoms with Gasteiger partial charge in [-0.25, -0.2) is 9.97 Å². The van der Waals surface area contributed by atoms with Crippen molar-refractivity contribution >= 4 is 11.7 Å². The third-order valence-electron chi connectivity index (χ3n) is 0.933. The molecule has 0 aliphatic rings. The highest BCUT2D eigenvalue weighted by atomic mass is 16.1. The molecular weight excluding hydrogens is 132 g/mol. The van der Waals surface area contributed by atoms with Crippen molar-refractivity contribution in [1.82, 2.24) is 9.97 Å². The van der Waals surface area contributed by atoms with Gasteiger partial charge in [-0.2, -0.15) is 0 Å². The van der Waals surface area contributed by atoms with Crippen LogP contribution in [0, 0.1) is 6.20 Å². The molecule has 5 heteroatoms. The van der Waals surface area contributed by atoms with Gasteiger partial charge < -0.3 is 11.5 Å². The van der Waals surface area contributed by atoms with Crippen LogP contribution in [-0.4, -0.2) is 15.9 Å². The van der Waals surface area contributed by atoms with E-state index in [4.69, 9.17) is 11.5 Å². The van der Waals surface area contributed by atoms with E-state index in [0.717, 1.165) is 0 Å².